The molecule has 2 N–H and O–H groups in total. The van der Waals surface area contributed by atoms with Gasteiger partial charge in [-0.05, 0) is 31.0 Å². The predicted octanol–water partition coefficient (Wildman–Crippen LogP) is 5.72. The Morgan fingerprint density at radius 1 is 1.22 bits per heavy atom. The number of aromatic hydroxyl groups is 1. The normalized spacial score (nSPS) is 11.0. The minimum atomic E-state index is -0.401. The van der Waals surface area contributed by atoms with Crippen molar-refractivity contribution in [3.05, 3.63) is 46.4 Å². The number of phenols is 1. The number of phenolic OH excluding ortho intramolecular Hbond substituents is 1. The summed E-state index contributed by atoms with van der Waals surface area (Å²) >= 11 is 3.25. The highest BCUT2D eigenvalue weighted by atomic mass is 79.9. The summed E-state index contributed by atoms with van der Waals surface area (Å²) in [7, 11) is 1.51. The SMILES string of the molecule is CCCCCc1c(O)c(OC)cc2ncnc(Nc3ccc(Br)cc3F)c12. The topological polar surface area (TPSA) is 67.3 Å². The van der Waals surface area contributed by atoms with Crippen LogP contribution < -0.4 is 10.1 Å². The van der Waals surface area contributed by atoms with Crippen molar-refractivity contribution in [1.82, 2.24) is 9.97 Å². The molecule has 0 unspecified atom stereocenters. The summed E-state index contributed by atoms with van der Waals surface area (Å²) in [6, 6.07) is 6.43. The summed E-state index contributed by atoms with van der Waals surface area (Å²) in [5.41, 5.74) is 1.64. The average molecular weight is 434 g/mol. The van der Waals surface area contributed by atoms with E-state index in [1.54, 1.807) is 18.2 Å². The van der Waals surface area contributed by atoms with Crippen LogP contribution in [0.1, 0.15) is 31.7 Å². The van der Waals surface area contributed by atoms with Crippen LogP contribution in [0.5, 0.6) is 11.5 Å². The summed E-state index contributed by atoms with van der Waals surface area (Å²) in [6.07, 6.45) is 5.07. The molecule has 2 aromatic carbocycles. The maximum Gasteiger partial charge on any atom is 0.162 e. The van der Waals surface area contributed by atoms with Crippen molar-refractivity contribution < 1.29 is 14.2 Å². The minimum absolute atomic E-state index is 0.0789. The van der Waals surface area contributed by atoms with Crippen LogP contribution in [0, 0.1) is 5.82 Å². The molecule has 0 atom stereocenters. The Kier molecular flexibility index (Phi) is 6.11. The van der Waals surface area contributed by atoms with E-state index in [1.165, 1.54) is 19.5 Å². The summed E-state index contributed by atoms with van der Waals surface area (Å²) in [5.74, 6) is 0.496. The van der Waals surface area contributed by atoms with Crippen molar-refractivity contribution in [1.29, 1.82) is 0 Å². The van der Waals surface area contributed by atoms with Crippen LogP contribution in [-0.2, 0) is 6.42 Å². The number of hydrogen-bond acceptors (Lipinski definition) is 5. The summed E-state index contributed by atoms with van der Waals surface area (Å²) < 4.78 is 20.2. The van der Waals surface area contributed by atoms with Gasteiger partial charge in [0, 0.05) is 16.1 Å². The molecule has 27 heavy (non-hydrogen) atoms. The van der Waals surface area contributed by atoms with Crippen molar-refractivity contribution in [3.63, 3.8) is 0 Å². The number of nitrogens with one attached hydrogen (secondary N) is 1. The fourth-order valence-corrected chi connectivity index (χ4v) is 3.36. The van der Waals surface area contributed by atoms with Crippen molar-refractivity contribution in [3.8, 4) is 11.5 Å². The van der Waals surface area contributed by atoms with Crippen LogP contribution >= 0.6 is 15.9 Å². The van der Waals surface area contributed by atoms with Gasteiger partial charge in [-0.15, -0.1) is 0 Å². The third-order valence-corrected chi connectivity index (χ3v) is 4.89. The number of nitrogens with zero attached hydrogens (tertiary/aromatic N) is 2. The lowest BCUT2D eigenvalue weighted by Gasteiger charge is -2.16. The number of fused-ring (bicyclic) bond motifs is 1. The zero-order valence-electron chi connectivity index (χ0n) is 15.2. The molecule has 0 radical (unpaired) electrons. The Morgan fingerprint density at radius 3 is 2.74 bits per heavy atom. The molecule has 0 saturated heterocycles. The van der Waals surface area contributed by atoms with Crippen LogP contribution in [0.4, 0.5) is 15.9 Å². The molecule has 1 aromatic heterocycles. The number of unbranched alkanes of at least 4 members (excludes halogenated alkanes) is 2. The smallest absolute Gasteiger partial charge is 0.162 e. The number of halogens is 2. The molecule has 0 aliphatic carbocycles. The zero-order chi connectivity index (χ0) is 19.4. The number of aromatic nitrogens is 2. The molecule has 0 amide bonds. The van der Waals surface area contributed by atoms with Crippen LogP contribution in [0.25, 0.3) is 10.9 Å². The Balaban J connectivity index is 2.13. The number of anilines is 2. The number of methoxy groups -OCH3 is 1. The van der Waals surface area contributed by atoms with Gasteiger partial charge >= 0.3 is 0 Å². The number of ether oxygens (including phenoxy) is 1. The van der Waals surface area contributed by atoms with E-state index < -0.39 is 5.82 Å². The fraction of sp³-hybridized carbons (Fsp3) is 0.300. The van der Waals surface area contributed by atoms with Crippen LogP contribution in [0.3, 0.4) is 0 Å². The van der Waals surface area contributed by atoms with Gasteiger partial charge in [0.05, 0.1) is 23.7 Å². The Labute approximate surface area is 165 Å². The second-order valence-electron chi connectivity index (χ2n) is 6.23. The molecule has 5 nitrogen and oxygen atoms in total. The van der Waals surface area contributed by atoms with E-state index in [2.05, 4.69) is 38.1 Å². The summed E-state index contributed by atoms with van der Waals surface area (Å²) in [5, 5.41) is 14.4. The van der Waals surface area contributed by atoms with E-state index in [4.69, 9.17) is 4.74 Å². The van der Waals surface area contributed by atoms with E-state index in [0.717, 1.165) is 19.3 Å². The number of aryl methyl sites for hydroxylation is 1. The summed E-state index contributed by atoms with van der Waals surface area (Å²) in [6.45, 7) is 2.12. The first-order valence-corrected chi connectivity index (χ1v) is 9.60. The highest BCUT2D eigenvalue weighted by molar-refractivity contribution is 9.10. The second kappa shape index (κ2) is 8.52. The number of hydrogen-bond donors (Lipinski definition) is 2. The molecule has 0 saturated carbocycles. The minimum Gasteiger partial charge on any atom is -0.504 e. The molecular weight excluding hydrogens is 413 g/mol. The zero-order valence-corrected chi connectivity index (χ0v) is 16.8. The molecule has 0 aliphatic rings. The number of rotatable bonds is 7. The molecule has 0 aliphatic heterocycles. The third-order valence-electron chi connectivity index (χ3n) is 4.40. The van der Waals surface area contributed by atoms with Crippen molar-refractivity contribution in [2.45, 2.75) is 32.6 Å². The lowest BCUT2D eigenvalue weighted by atomic mass is 10.0. The predicted molar refractivity (Wildman–Crippen MR) is 108 cm³/mol. The monoisotopic (exact) mass is 433 g/mol. The Morgan fingerprint density at radius 2 is 2.04 bits per heavy atom. The Bertz CT molecular complexity index is 966. The van der Waals surface area contributed by atoms with Crippen LogP contribution in [0.15, 0.2) is 35.1 Å². The molecule has 3 aromatic rings. The van der Waals surface area contributed by atoms with Crippen LogP contribution in [-0.4, -0.2) is 22.2 Å². The quantitative estimate of drug-likeness (QED) is 0.466. The maximum atomic E-state index is 14.3. The molecule has 142 valence electrons. The Hall–Kier alpha value is -2.41. The third kappa shape index (κ3) is 4.13. The first-order chi connectivity index (χ1) is 13.0. The van der Waals surface area contributed by atoms with Gasteiger partial charge in [-0.1, -0.05) is 35.7 Å². The highest BCUT2D eigenvalue weighted by Gasteiger charge is 2.18. The highest BCUT2D eigenvalue weighted by Crippen LogP contribution is 2.40. The van der Waals surface area contributed by atoms with E-state index in [-0.39, 0.29) is 5.75 Å². The second-order valence-corrected chi connectivity index (χ2v) is 7.14. The van der Waals surface area contributed by atoms with Crippen molar-refractivity contribution in [2.75, 3.05) is 12.4 Å². The fourth-order valence-electron chi connectivity index (χ4n) is 3.03. The van der Waals surface area contributed by atoms with E-state index in [0.29, 0.717) is 44.6 Å². The van der Waals surface area contributed by atoms with Gasteiger partial charge in [0.2, 0.25) is 0 Å². The van der Waals surface area contributed by atoms with Gasteiger partial charge in [-0.25, -0.2) is 14.4 Å². The largest absolute Gasteiger partial charge is 0.504 e. The lowest BCUT2D eigenvalue weighted by molar-refractivity contribution is 0.371. The molecule has 3 rings (SSSR count). The van der Waals surface area contributed by atoms with Crippen molar-refractivity contribution >= 4 is 38.3 Å². The van der Waals surface area contributed by atoms with E-state index >= 15 is 0 Å². The molecular formula is C20H21BrFN3O2. The van der Waals surface area contributed by atoms with E-state index in [1.807, 2.05) is 0 Å². The molecule has 0 spiro atoms. The molecule has 0 bridgehead atoms. The molecule has 7 heteroatoms. The molecule has 0 fully saturated rings. The van der Waals surface area contributed by atoms with Gasteiger partial charge in [0.15, 0.2) is 11.5 Å². The van der Waals surface area contributed by atoms with Gasteiger partial charge in [-0.2, -0.15) is 0 Å². The van der Waals surface area contributed by atoms with Crippen molar-refractivity contribution in [2.24, 2.45) is 0 Å². The lowest BCUT2D eigenvalue weighted by Crippen LogP contribution is -2.02. The van der Waals surface area contributed by atoms with Crippen LogP contribution in [0.2, 0.25) is 0 Å². The average Bonchev–Trinajstić information content (AvgIpc) is 2.65. The van der Waals surface area contributed by atoms with E-state index in [9.17, 15) is 9.50 Å². The standard InChI is InChI=1S/C20H21BrFN3O2/c1-3-4-5-6-13-18-16(10-17(27-2)19(13)26)23-11-24-20(18)25-15-8-7-12(21)9-14(15)22/h7-11,26H,3-6H2,1-2H3,(H,23,24,25). The van der Waals surface area contributed by atoms with Gasteiger partial charge < -0.3 is 15.2 Å². The van der Waals surface area contributed by atoms with Gasteiger partial charge in [0.25, 0.3) is 0 Å². The molecule has 1 heterocycles. The van der Waals surface area contributed by atoms with Gasteiger partial charge in [0.1, 0.15) is 18.0 Å². The first kappa shape index (κ1) is 19.4. The maximum absolute atomic E-state index is 14.3. The first-order valence-electron chi connectivity index (χ1n) is 8.80. The number of benzene rings is 2. The summed E-state index contributed by atoms with van der Waals surface area (Å²) in [4.78, 5) is 8.61. The van der Waals surface area contributed by atoms with Gasteiger partial charge in [-0.3, -0.25) is 0 Å².